The second-order valence-electron chi connectivity index (χ2n) is 2.98. The molecule has 0 heterocycles. The van der Waals surface area contributed by atoms with Gasteiger partial charge in [0.15, 0.2) is 5.78 Å². The van der Waals surface area contributed by atoms with Crippen LogP contribution in [0.15, 0.2) is 24.3 Å². The van der Waals surface area contributed by atoms with Crippen molar-refractivity contribution in [2.24, 2.45) is 5.73 Å². The van der Waals surface area contributed by atoms with E-state index in [1.165, 1.54) is 0 Å². The molecule has 0 saturated carbocycles. The van der Waals surface area contributed by atoms with Gasteiger partial charge in [-0.05, 0) is 12.5 Å². The van der Waals surface area contributed by atoms with Gasteiger partial charge < -0.3 is 5.73 Å². The maximum absolute atomic E-state index is 12.1. The Kier molecular flexibility index (Phi) is 3.14. The molecule has 2 nitrogen and oxygen atoms in total. The topological polar surface area (TPSA) is 43.1 Å². The van der Waals surface area contributed by atoms with Crippen molar-refractivity contribution in [1.29, 1.82) is 0 Å². The highest BCUT2D eigenvalue weighted by Crippen LogP contribution is 2.07. The number of carbonyl (C=O) groups excluding carboxylic acids is 1. The van der Waals surface area contributed by atoms with Crippen LogP contribution in [0, 0.1) is 0 Å². The molecule has 0 spiro atoms. The molecule has 1 unspecified atom stereocenters. The molecule has 0 radical (unpaired) electrons. The Morgan fingerprint density at radius 1 is 1.46 bits per heavy atom. The Labute approximate surface area is 76.6 Å². The van der Waals surface area contributed by atoms with Crippen molar-refractivity contribution in [3.05, 3.63) is 35.4 Å². The predicted molar refractivity (Wildman–Crippen MR) is 49.2 cm³/mol. The smallest absolute Gasteiger partial charge is 0.179 e. The van der Waals surface area contributed by atoms with Crippen LogP contribution in [-0.4, -0.2) is 11.8 Å². The van der Waals surface area contributed by atoms with Crippen LogP contribution < -0.4 is 5.73 Å². The van der Waals surface area contributed by atoms with Gasteiger partial charge in [0.2, 0.25) is 0 Å². The van der Waals surface area contributed by atoms with Crippen LogP contribution >= 0.6 is 0 Å². The highest BCUT2D eigenvalue weighted by molar-refractivity contribution is 5.99. The summed E-state index contributed by atoms with van der Waals surface area (Å²) >= 11 is 0. The molecular weight excluding hydrogens is 169 g/mol. The first-order chi connectivity index (χ1) is 6.15. The fraction of sp³-hybridized carbons (Fsp3) is 0.300. The Balaban J connectivity index is 2.86. The number of halogens is 1. The van der Waals surface area contributed by atoms with Gasteiger partial charge in [0.1, 0.15) is 6.67 Å². The van der Waals surface area contributed by atoms with E-state index in [1.54, 1.807) is 31.2 Å². The molecule has 0 bridgehead atoms. The summed E-state index contributed by atoms with van der Waals surface area (Å²) in [4.78, 5) is 11.3. The third-order valence-electron chi connectivity index (χ3n) is 1.81. The lowest BCUT2D eigenvalue weighted by Gasteiger charge is -2.04. The van der Waals surface area contributed by atoms with E-state index in [4.69, 9.17) is 5.73 Å². The summed E-state index contributed by atoms with van der Waals surface area (Å²) in [7, 11) is 0. The molecule has 0 amide bonds. The molecule has 1 aromatic carbocycles. The normalized spacial score (nSPS) is 12.5. The van der Waals surface area contributed by atoms with Crippen LogP contribution in [0.2, 0.25) is 0 Å². The SMILES string of the molecule is CC(N)C(=O)c1ccc(CF)cc1. The van der Waals surface area contributed by atoms with Gasteiger partial charge in [-0.3, -0.25) is 4.79 Å². The van der Waals surface area contributed by atoms with Crippen molar-refractivity contribution in [3.8, 4) is 0 Å². The van der Waals surface area contributed by atoms with Gasteiger partial charge in [-0.25, -0.2) is 4.39 Å². The zero-order chi connectivity index (χ0) is 9.84. The molecule has 1 aromatic rings. The number of carbonyl (C=O) groups is 1. The monoisotopic (exact) mass is 181 g/mol. The molecule has 0 fully saturated rings. The van der Waals surface area contributed by atoms with Crippen LogP contribution in [0.4, 0.5) is 4.39 Å². The summed E-state index contributed by atoms with van der Waals surface area (Å²) in [6.07, 6.45) is 0. The van der Waals surface area contributed by atoms with Crippen LogP contribution in [0.3, 0.4) is 0 Å². The molecular formula is C10H12FNO. The lowest BCUT2D eigenvalue weighted by molar-refractivity contribution is 0.0968. The lowest BCUT2D eigenvalue weighted by Crippen LogP contribution is -2.26. The molecule has 2 N–H and O–H groups in total. The van der Waals surface area contributed by atoms with Gasteiger partial charge in [0.25, 0.3) is 0 Å². The Bertz CT molecular complexity index is 292. The van der Waals surface area contributed by atoms with Gasteiger partial charge >= 0.3 is 0 Å². The summed E-state index contributed by atoms with van der Waals surface area (Å²) in [6, 6.07) is 5.88. The van der Waals surface area contributed by atoms with E-state index in [-0.39, 0.29) is 5.78 Å². The summed E-state index contributed by atoms with van der Waals surface area (Å²) < 4.78 is 12.1. The molecule has 0 aromatic heterocycles. The van der Waals surface area contributed by atoms with Gasteiger partial charge in [0.05, 0.1) is 6.04 Å². The molecule has 13 heavy (non-hydrogen) atoms. The maximum Gasteiger partial charge on any atom is 0.179 e. The summed E-state index contributed by atoms with van der Waals surface area (Å²) in [6.45, 7) is 1.12. The van der Waals surface area contributed by atoms with E-state index in [9.17, 15) is 9.18 Å². The summed E-state index contributed by atoms with van der Waals surface area (Å²) in [5.74, 6) is -0.120. The van der Waals surface area contributed by atoms with Crippen LogP contribution in [0.1, 0.15) is 22.8 Å². The first kappa shape index (κ1) is 9.86. The van der Waals surface area contributed by atoms with Crippen molar-refractivity contribution in [3.63, 3.8) is 0 Å². The lowest BCUT2D eigenvalue weighted by atomic mass is 10.0. The molecule has 0 saturated heterocycles. The van der Waals surface area contributed by atoms with E-state index >= 15 is 0 Å². The van der Waals surface area contributed by atoms with Gasteiger partial charge in [0, 0.05) is 5.56 Å². The maximum atomic E-state index is 12.1. The number of hydrogen-bond donors (Lipinski definition) is 1. The Morgan fingerprint density at radius 3 is 2.38 bits per heavy atom. The minimum atomic E-state index is -0.507. The second kappa shape index (κ2) is 4.14. The molecule has 70 valence electrons. The Morgan fingerprint density at radius 2 is 2.00 bits per heavy atom. The van der Waals surface area contributed by atoms with Crippen molar-refractivity contribution in [2.75, 3.05) is 0 Å². The molecule has 0 aliphatic rings. The number of rotatable bonds is 3. The van der Waals surface area contributed by atoms with Crippen LogP contribution in [0.5, 0.6) is 0 Å². The van der Waals surface area contributed by atoms with Crippen molar-refractivity contribution >= 4 is 5.78 Å². The standard InChI is InChI=1S/C10H12FNO/c1-7(12)10(13)9-4-2-8(6-11)3-5-9/h2-5,7H,6,12H2,1H3. The zero-order valence-corrected chi connectivity index (χ0v) is 7.46. The molecule has 3 heteroatoms. The quantitative estimate of drug-likeness (QED) is 0.721. The Hall–Kier alpha value is -1.22. The largest absolute Gasteiger partial charge is 0.321 e. The van der Waals surface area contributed by atoms with Crippen molar-refractivity contribution < 1.29 is 9.18 Å². The predicted octanol–water partition coefficient (Wildman–Crippen LogP) is 1.69. The van der Waals surface area contributed by atoms with Crippen molar-refractivity contribution in [2.45, 2.75) is 19.6 Å². The fourth-order valence-corrected chi connectivity index (χ4v) is 1.02. The van der Waals surface area contributed by atoms with Gasteiger partial charge in [-0.2, -0.15) is 0 Å². The number of Topliss-reactive ketones (excluding diaryl/α,β-unsaturated/α-hetero) is 1. The highest BCUT2D eigenvalue weighted by atomic mass is 19.1. The summed E-state index contributed by atoms with van der Waals surface area (Å²) in [5, 5.41) is 0. The number of hydrogen-bond acceptors (Lipinski definition) is 2. The average Bonchev–Trinajstić information content (AvgIpc) is 2.17. The highest BCUT2D eigenvalue weighted by Gasteiger charge is 2.09. The first-order valence-electron chi connectivity index (χ1n) is 4.10. The second-order valence-corrected chi connectivity index (χ2v) is 2.98. The molecule has 1 rings (SSSR count). The fourth-order valence-electron chi connectivity index (χ4n) is 1.02. The van der Waals surface area contributed by atoms with E-state index < -0.39 is 12.7 Å². The number of alkyl halides is 1. The van der Waals surface area contributed by atoms with E-state index in [0.29, 0.717) is 11.1 Å². The molecule has 1 atom stereocenters. The van der Waals surface area contributed by atoms with Crippen LogP contribution in [-0.2, 0) is 6.67 Å². The first-order valence-corrected chi connectivity index (χ1v) is 4.10. The van der Waals surface area contributed by atoms with E-state index in [2.05, 4.69) is 0 Å². The minimum Gasteiger partial charge on any atom is -0.321 e. The van der Waals surface area contributed by atoms with Gasteiger partial charge in [-0.1, -0.05) is 24.3 Å². The summed E-state index contributed by atoms with van der Waals surface area (Å²) in [5.41, 5.74) is 6.52. The zero-order valence-electron chi connectivity index (χ0n) is 7.46. The number of ketones is 1. The van der Waals surface area contributed by atoms with E-state index in [0.717, 1.165) is 0 Å². The third kappa shape index (κ3) is 2.36. The number of benzene rings is 1. The average molecular weight is 181 g/mol. The minimum absolute atomic E-state index is 0.120. The molecule has 0 aliphatic carbocycles. The number of nitrogens with two attached hydrogens (primary N) is 1. The van der Waals surface area contributed by atoms with Gasteiger partial charge in [-0.15, -0.1) is 0 Å². The third-order valence-corrected chi connectivity index (χ3v) is 1.81. The van der Waals surface area contributed by atoms with E-state index in [1.807, 2.05) is 0 Å². The molecule has 0 aliphatic heterocycles. The van der Waals surface area contributed by atoms with Crippen LogP contribution in [0.25, 0.3) is 0 Å². The van der Waals surface area contributed by atoms with Crippen molar-refractivity contribution in [1.82, 2.24) is 0 Å².